The molecule has 2 amide bonds. The number of carbonyl (C=O) groups is 1. The smallest absolute Gasteiger partial charge is 0.315 e. The van der Waals surface area contributed by atoms with Crippen LogP contribution in [0.3, 0.4) is 0 Å². The first-order valence-electron chi connectivity index (χ1n) is 4.20. The van der Waals surface area contributed by atoms with Gasteiger partial charge in [-0.3, -0.25) is 0 Å². The Bertz CT molecular complexity index is 162. The summed E-state index contributed by atoms with van der Waals surface area (Å²) in [5.74, 6) is 0. The van der Waals surface area contributed by atoms with Gasteiger partial charge < -0.3 is 10.6 Å². The van der Waals surface area contributed by atoms with Gasteiger partial charge in [-0.1, -0.05) is 19.8 Å². The van der Waals surface area contributed by atoms with Gasteiger partial charge in [-0.05, 0) is 6.42 Å². The van der Waals surface area contributed by atoms with Crippen molar-refractivity contribution in [2.75, 3.05) is 13.1 Å². The van der Waals surface area contributed by atoms with Gasteiger partial charge in [-0.15, -0.1) is 0 Å². The van der Waals surface area contributed by atoms with E-state index < -0.39 is 0 Å². The molecule has 0 atom stereocenters. The number of unbranched alkanes of at least 4 members (excludes halogenated alkanes) is 2. The minimum Gasteiger partial charge on any atom is -0.338 e. The maximum atomic E-state index is 10.8. The van der Waals surface area contributed by atoms with Crippen LogP contribution in [-0.2, 0) is 0 Å². The van der Waals surface area contributed by atoms with E-state index in [4.69, 9.17) is 5.26 Å². The van der Waals surface area contributed by atoms with E-state index in [1.807, 2.05) is 6.07 Å². The van der Waals surface area contributed by atoms with Crippen molar-refractivity contribution in [1.82, 2.24) is 10.6 Å². The number of hydrogen-bond acceptors (Lipinski definition) is 2. The largest absolute Gasteiger partial charge is 0.338 e. The molecule has 4 nitrogen and oxygen atoms in total. The second kappa shape index (κ2) is 7.86. The first kappa shape index (κ1) is 10.8. The lowest BCUT2D eigenvalue weighted by Crippen LogP contribution is -2.36. The highest BCUT2D eigenvalue weighted by atomic mass is 16.2. The van der Waals surface area contributed by atoms with E-state index in [1.165, 1.54) is 0 Å². The first-order valence-corrected chi connectivity index (χ1v) is 4.20. The second-order valence-electron chi connectivity index (χ2n) is 2.47. The van der Waals surface area contributed by atoms with Gasteiger partial charge in [0, 0.05) is 6.54 Å². The van der Waals surface area contributed by atoms with Crippen molar-refractivity contribution in [3.05, 3.63) is 0 Å². The van der Waals surface area contributed by atoms with E-state index in [0.717, 1.165) is 19.3 Å². The molecule has 12 heavy (non-hydrogen) atoms. The maximum Gasteiger partial charge on any atom is 0.315 e. The van der Waals surface area contributed by atoms with E-state index >= 15 is 0 Å². The van der Waals surface area contributed by atoms with Crippen LogP contribution in [0.2, 0.25) is 0 Å². The predicted octanol–water partition coefficient (Wildman–Crippen LogP) is 0.999. The Labute approximate surface area is 72.9 Å². The third-order valence-electron chi connectivity index (χ3n) is 1.39. The number of nitriles is 1. The number of nitrogens with one attached hydrogen (secondary N) is 2. The molecule has 0 aliphatic heterocycles. The molecule has 0 fully saturated rings. The number of nitrogens with zero attached hydrogens (tertiary/aromatic N) is 1. The van der Waals surface area contributed by atoms with Crippen LogP contribution in [0.4, 0.5) is 4.79 Å². The lowest BCUT2D eigenvalue weighted by Gasteiger charge is -2.03. The van der Waals surface area contributed by atoms with E-state index in [9.17, 15) is 4.79 Å². The monoisotopic (exact) mass is 169 g/mol. The molecule has 0 heterocycles. The third-order valence-corrected chi connectivity index (χ3v) is 1.39. The molecule has 4 heteroatoms. The minimum atomic E-state index is -0.257. The zero-order valence-electron chi connectivity index (χ0n) is 7.39. The van der Waals surface area contributed by atoms with Gasteiger partial charge in [0.05, 0.1) is 6.07 Å². The summed E-state index contributed by atoms with van der Waals surface area (Å²) in [6, 6.07) is 1.57. The van der Waals surface area contributed by atoms with Crippen molar-refractivity contribution in [2.45, 2.75) is 26.2 Å². The molecule has 68 valence electrons. The molecule has 0 bridgehead atoms. The molecule has 0 aromatic rings. The lowest BCUT2D eigenvalue weighted by molar-refractivity contribution is 0.242. The Morgan fingerprint density at radius 2 is 2.17 bits per heavy atom. The highest BCUT2D eigenvalue weighted by Gasteiger charge is 1.95. The maximum absolute atomic E-state index is 10.8. The number of amides is 2. The van der Waals surface area contributed by atoms with Crippen molar-refractivity contribution >= 4 is 6.03 Å². The molecule has 2 N–H and O–H groups in total. The highest BCUT2D eigenvalue weighted by molar-refractivity contribution is 5.73. The third kappa shape index (κ3) is 6.87. The van der Waals surface area contributed by atoms with Gasteiger partial charge in [0.15, 0.2) is 0 Å². The summed E-state index contributed by atoms with van der Waals surface area (Å²) in [7, 11) is 0. The van der Waals surface area contributed by atoms with E-state index in [0.29, 0.717) is 6.54 Å². The van der Waals surface area contributed by atoms with Crippen LogP contribution in [0.25, 0.3) is 0 Å². The average Bonchev–Trinajstić information content (AvgIpc) is 2.09. The highest BCUT2D eigenvalue weighted by Crippen LogP contribution is 1.90. The second-order valence-corrected chi connectivity index (χ2v) is 2.47. The van der Waals surface area contributed by atoms with Gasteiger partial charge in [-0.2, -0.15) is 5.26 Å². The molecular formula is C8H15N3O. The van der Waals surface area contributed by atoms with Crippen LogP contribution in [0.1, 0.15) is 26.2 Å². The lowest BCUT2D eigenvalue weighted by atomic mass is 10.2. The normalized spacial score (nSPS) is 8.67. The van der Waals surface area contributed by atoms with E-state index in [1.54, 1.807) is 0 Å². The zero-order valence-corrected chi connectivity index (χ0v) is 7.39. The Hall–Kier alpha value is -1.24. The van der Waals surface area contributed by atoms with Crippen molar-refractivity contribution in [3.8, 4) is 6.07 Å². The van der Waals surface area contributed by atoms with Crippen molar-refractivity contribution in [2.24, 2.45) is 0 Å². The van der Waals surface area contributed by atoms with E-state index in [-0.39, 0.29) is 12.6 Å². The molecule has 0 unspecified atom stereocenters. The van der Waals surface area contributed by atoms with Gasteiger partial charge in [-0.25, -0.2) is 4.79 Å². The Kier molecular flexibility index (Phi) is 7.05. The van der Waals surface area contributed by atoms with E-state index in [2.05, 4.69) is 17.6 Å². The van der Waals surface area contributed by atoms with Gasteiger partial charge in [0.1, 0.15) is 6.54 Å². The van der Waals surface area contributed by atoms with Crippen LogP contribution in [0, 0.1) is 11.3 Å². The van der Waals surface area contributed by atoms with Crippen molar-refractivity contribution in [3.63, 3.8) is 0 Å². The van der Waals surface area contributed by atoms with Crippen LogP contribution >= 0.6 is 0 Å². The number of hydrogen-bond donors (Lipinski definition) is 2. The summed E-state index contributed by atoms with van der Waals surface area (Å²) >= 11 is 0. The number of rotatable bonds is 5. The molecule has 0 aliphatic carbocycles. The van der Waals surface area contributed by atoms with Gasteiger partial charge in [0.25, 0.3) is 0 Å². The molecule has 0 saturated carbocycles. The summed E-state index contributed by atoms with van der Waals surface area (Å²) in [5.41, 5.74) is 0. The first-order chi connectivity index (χ1) is 5.81. The SMILES string of the molecule is CCCCCNC(=O)NCC#N. The molecule has 0 rings (SSSR count). The van der Waals surface area contributed by atoms with Crippen LogP contribution in [0.15, 0.2) is 0 Å². The van der Waals surface area contributed by atoms with Gasteiger partial charge >= 0.3 is 6.03 Å². The summed E-state index contributed by atoms with van der Waals surface area (Å²) < 4.78 is 0. The average molecular weight is 169 g/mol. The Morgan fingerprint density at radius 1 is 1.42 bits per heavy atom. The van der Waals surface area contributed by atoms with Crippen LogP contribution in [0.5, 0.6) is 0 Å². The Balaban J connectivity index is 3.15. The van der Waals surface area contributed by atoms with Crippen LogP contribution in [-0.4, -0.2) is 19.1 Å². The number of urea groups is 1. The minimum absolute atomic E-state index is 0.0691. The predicted molar refractivity (Wildman–Crippen MR) is 46.5 cm³/mol. The molecule has 0 aromatic carbocycles. The molecule has 0 aromatic heterocycles. The fraction of sp³-hybridized carbons (Fsp3) is 0.750. The van der Waals surface area contributed by atoms with Gasteiger partial charge in [0.2, 0.25) is 0 Å². The molecular weight excluding hydrogens is 154 g/mol. The fourth-order valence-electron chi connectivity index (χ4n) is 0.759. The van der Waals surface area contributed by atoms with Crippen LogP contribution < -0.4 is 10.6 Å². The summed E-state index contributed by atoms with van der Waals surface area (Å²) in [5, 5.41) is 13.2. The Morgan fingerprint density at radius 3 is 2.75 bits per heavy atom. The number of carbonyl (C=O) groups excluding carboxylic acids is 1. The quantitative estimate of drug-likeness (QED) is 0.476. The molecule has 0 spiro atoms. The van der Waals surface area contributed by atoms with Crippen molar-refractivity contribution < 1.29 is 4.79 Å². The molecule has 0 saturated heterocycles. The summed E-state index contributed by atoms with van der Waals surface area (Å²) in [6.07, 6.45) is 3.26. The topological polar surface area (TPSA) is 64.9 Å². The molecule has 0 radical (unpaired) electrons. The fourth-order valence-corrected chi connectivity index (χ4v) is 0.759. The molecule has 0 aliphatic rings. The summed E-state index contributed by atoms with van der Waals surface area (Å²) in [4.78, 5) is 10.8. The zero-order chi connectivity index (χ0) is 9.23. The standard InChI is InChI=1S/C8H15N3O/c1-2-3-4-6-10-8(12)11-7-5-9/h2-4,6-7H2,1H3,(H2,10,11,12). The van der Waals surface area contributed by atoms with Crippen molar-refractivity contribution in [1.29, 1.82) is 5.26 Å². The summed E-state index contributed by atoms with van der Waals surface area (Å²) in [6.45, 7) is 2.86.